The number of carbonyl (C=O) groups is 2. The van der Waals surface area contributed by atoms with E-state index in [0.29, 0.717) is 6.54 Å². The van der Waals surface area contributed by atoms with Crippen LogP contribution >= 0.6 is 11.3 Å². The van der Waals surface area contributed by atoms with E-state index in [-0.39, 0.29) is 24.2 Å². The van der Waals surface area contributed by atoms with Gasteiger partial charge in [-0.3, -0.25) is 9.59 Å². The molecule has 0 spiro atoms. The van der Waals surface area contributed by atoms with E-state index < -0.39 is 0 Å². The van der Waals surface area contributed by atoms with Crippen molar-refractivity contribution in [2.45, 2.75) is 20.3 Å². The molecule has 3 rings (SSSR count). The van der Waals surface area contributed by atoms with Gasteiger partial charge in [0.05, 0.1) is 12.1 Å². The van der Waals surface area contributed by atoms with Crippen LogP contribution in [0.15, 0.2) is 41.5 Å². The highest BCUT2D eigenvalue weighted by molar-refractivity contribution is 7.13. The van der Waals surface area contributed by atoms with Gasteiger partial charge in [0.25, 0.3) is 0 Å². The summed E-state index contributed by atoms with van der Waals surface area (Å²) in [7, 11) is 0. The van der Waals surface area contributed by atoms with Gasteiger partial charge in [-0.1, -0.05) is 17.7 Å². The van der Waals surface area contributed by atoms with E-state index in [2.05, 4.69) is 10.5 Å². The van der Waals surface area contributed by atoms with Gasteiger partial charge in [-0.2, -0.15) is 5.10 Å². The summed E-state index contributed by atoms with van der Waals surface area (Å²) in [5, 5.41) is 3.99. The molecule has 1 fully saturated rings. The molecule has 0 saturated carbocycles. The molecule has 1 aliphatic rings. The zero-order chi connectivity index (χ0) is 17.1. The first kappa shape index (κ1) is 16.4. The van der Waals surface area contributed by atoms with Crippen molar-refractivity contribution in [3.8, 4) is 0 Å². The maximum absolute atomic E-state index is 12.2. The van der Waals surface area contributed by atoms with Crippen molar-refractivity contribution in [3.63, 3.8) is 0 Å². The average Bonchev–Trinajstić information content (AvgIpc) is 3.14. The smallest absolute Gasteiger partial charge is 0.245 e. The van der Waals surface area contributed by atoms with E-state index in [1.54, 1.807) is 22.5 Å². The van der Waals surface area contributed by atoms with Crippen molar-refractivity contribution in [2.24, 2.45) is 11.0 Å². The molecule has 124 valence electrons. The van der Waals surface area contributed by atoms with E-state index in [0.717, 1.165) is 16.1 Å². The molecular weight excluding hydrogens is 322 g/mol. The van der Waals surface area contributed by atoms with Crippen LogP contribution in [0.3, 0.4) is 0 Å². The highest BCUT2D eigenvalue weighted by Gasteiger charge is 2.35. The molecule has 1 aromatic heterocycles. The fourth-order valence-electron chi connectivity index (χ4n) is 2.63. The van der Waals surface area contributed by atoms with E-state index in [1.165, 1.54) is 4.88 Å². The SMILES string of the molecule is Cc1ccc(N2C[C@@H](C(=O)N/N=C/c3ccc(C)s3)CC2=O)cc1. The fraction of sp³-hybridized carbons (Fsp3) is 0.278. The lowest BCUT2D eigenvalue weighted by atomic mass is 10.1. The number of carbonyl (C=O) groups excluding carboxylic acids is 2. The number of nitrogens with zero attached hydrogens (tertiary/aromatic N) is 2. The van der Waals surface area contributed by atoms with Crippen LogP contribution in [0.25, 0.3) is 0 Å². The van der Waals surface area contributed by atoms with Crippen LogP contribution in [0, 0.1) is 19.8 Å². The predicted molar refractivity (Wildman–Crippen MR) is 96.4 cm³/mol. The van der Waals surface area contributed by atoms with Gasteiger partial charge < -0.3 is 4.90 Å². The largest absolute Gasteiger partial charge is 0.312 e. The second-order valence-corrected chi connectivity index (χ2v) is 7.24. The van der Waals surface area contributed by atoms with Gasteiger partial charge >= 0.3 is 0 Å². The molecule has 2 aromatic rings. The second-order valence-electron chi connectivity index (χ2n) is 5.92. The van der Waals surface area contributed by atoms with Gasteiger partial charge in [-0.05, 0) is 38.1 Å². The molecule has 6 heteroatoms. The summed E-state index contributed by atoms with van der Waals surface area (Å²) in [6, 6.07) is 11.7. The molecule has 24 heavy (non-hydrogen) atoms. The Kier molecular flexibility index (Phi) is 4.76. The first-order valence-electron chi connectivity index (χ1n) is 7.79. The summed E-state index contributed by atoms with van der Waals surface area (Å²) in [5.41, 5.74) is 4.51. The number of amides is 2. The minimum Gasteiger partial charge on any atom is -0.312 e. The Labute approximate surface area is 145 Å². The van der Waals surface area contributed by atoms with Crippen LogP contribution in [0.5, 0.6) is 0 Å². The highest BCUT2D eigenvalue weighted by Crippen LogP contribution is 2.25. The molecule has 1 atom stereocenters. The molecule has 0 bridgehead atoms. The zero-order valence-electron chi connectivity index (χ0n) is 13.7. The minimum absolute atomic E-state index is 0.0307. The number of hydrogen-bond acceptors (Lipinski definition) is 4. The van der Waals surface area contributed by atoms with Crippen LogP contribution in [0.4, 0.5) is 5.69 Å². The zero-order valence-corrected chi connectivity index (χ0v) is 14.5. The van der Waals surface area contributed by atoms with Gasteiger partial charge in [0.1, 0.15) is 0 Å². The first-order chi connectivity index (χ1) is 11.5. The number of hydrazone groups is 1. The Bertz CT molecular complexity index is 780. The van der Waals surface area contributed by atoms with E-state index in [4.69, 9.17) is 0 Å². The van der Waals surface area contributed by atoms with Gasteiger partial charge in [0, 0.05) is 28.4 Å². The minimum atomic E-state index is -0.374. The lowest BCUT2D eigenvalue weighted by molar-refractivity contribution is -0.126. The summed E-state index contributed by atoms with van der Waals surface area (Å²) >= 11 is 1.61. The molecule has 2 amide bonds. The van der Waals surface area contributed by atoms with Crippen molar-refractivity contribution in [3.05, 3.63) is 51.7 Å². The maximum Gasteiger partial charge on any atom is 0.245 e. The number of rotatable bonds is 4. The number of nitrogens with one attached hydrogen (secondary N) is 1. The summed E-state index contributed by atoms with van der Waals surface area (Å²) in [6.07, 6.45) is 1.84. The topological polar surface area (TPSA) is 61.8 Å². The van der Waals surface area contributed by atoms with Crippen LogP contribution in [0.2, 0.25) is 0 Å². The maximum atomic E-state index is 12.2. The lowest BCUT2D eigenvalue weighted by Crippen LogP contribution is -2.30. The summed E-state index contributed by atoms with van der Waals surface area (Å²) < 4.78 is 0. The first-order valence-corrected chi connectivity index (χ1v) is 8.61. The van der Waals surface area contributed by atoms with Crippen molar-refractivity contribution in [1.82, 2.24) is 5.43 Å². The number of aryl methyl sites for hydroxylation is 2. The Hall–Kier alpha value is -2.47. The van der Waals surface area contributed by atoms with E-state index in [1.807, 2.05) is 50.2 Å². The van der Waals surface area contributed by atoms with Gasteiger partial charge in [0.2, 0.25) is 11.8 Å². The van der Waals surface area contributed by atoms with Gasteiger partial charge in [-0.25, -0.2) is 5.43 Å². The van der Waals surface area contributed by atoms with Crippen LogP contribution in [-0.4, -0.2) is 24.6 Å². The van der Waals surface area contributed by atoms with E-state index >= 15 is 0 Å². The van der Waals surface area contributed by atoms with Crippen LogP contribution < -0.4 is 10.3 Å². The Morgan fingerprint density at radius 1 is 1.25 bits per heavy atom. The van der Waals surface area contributed by atoms with Crippen molar-refractivity contribution in [1.29, 1.82) is 0 Å². The van der Waals surface area contributed by atoms with Crippen LogP contribution in [0.1, 0.15) is 21.7 Å². The Morgan fingerprint density at radius 3 is 2.67 bits per heavy atom. The fourth-order valence-corrected chi connectivity index (χ4v) is 3.38. The monoisotopic (exact) mass is 341 g/mol. The Balaban J connectivity index is 1.59. The van der Waals surface area contributed by atoms with Crippen LogP contribution in [-0.2, 0) is 9.59 Å². The molecule has 0 unspecified atom stereocenters. The second kappa shape index (κ2) is 6.97. The summed E-state index contributed by atoms with van der Waals surface area (Å²) in [6.45, 7) is 4.41. The molecule has 1 saturated heterocycles. The third kappa shape index (κ3) is 3.71. The normalized spacial score (nSPS) is 17.7. The number of thiophene rings is 1. The molecule has 5 nitrogen and oxygen atoms in total. The number of anilines is 1. The third-order valence-corrected chi connectivity index (χ3v) is 4.90. The predicted octanol–water partition coefficient (Wildman–Crippen LogP) is 2.87. The molecule has 1 N–H and O–H groups in total. The van der Waals surface area contributed by atoms with Gasteiger partial charge in [0.15, 0.2) is 0 Å². The molecule has 2 heterocycles. The number of hydrogen-bond donors (Lipinski definition) is 1. The Morgan fingerprint density at radius 2 is 2.00 bits per heavy atom. The lowest BCUT2D eigenvalue weighted by Gasteiger charge is -2.16. The molecular formula is C18H19N3O2S. The van der Waals surface area contributed by atoms with Gasteiger partial charge in [-0.15, -0.1) is 11.3 Å². The molecule has 0 aliphatic carbocycles. The summed E-state index contributed by atoms with van der Waals surface area (Å²) in [4.78, 5) is 28.2. The molecule has 1 aromatic carbocycles. The summed E-state index contributed by atoms with van der Waals surface area (Å²) in [5.74, 6) is -0.625. The third-order valence-electron chi connectivity index (χ3n) is 3.97. The van der Waals surface area contributed by atoms with Crippen molar-refractivity contribution >= 4 is 35.1 Å². The molecule has 0 radical (unpaired) electrons. The van der Waals surface area contributed by atoms with Crippen molar-refractivity contribution < 1.29 is 9.59 Å². The molecule has 1 aliphatic heterocycles. The number of benzene rings is 1. The van der Waals surface area contributed by atoms with E-state index in [9.17, 15) is 9.59 Å². The quantitative estimate of drug-likeness (QED) is 0.686. The highest BCUT2D eigenvalue weighted by atomic mass is 32.1. The standard InChI is InChI=1S/C18H19N3O2S/c1-12-3-6-15(7-4-12)21-11-14(9-17(21)22)18(23)20-19-10-16-8-5-13(2)24-16/h3-8,10,14H,9,11H2,1-2H3,(H,20,23)/b19-10+/t14-/m0/s1. The van der Waals surface area contributed by atoms with Crippen molar-refractivity contribution in [2.75, 3.05) is 11.4 Å². The average molecular weight is 341 g/mol.